The standard InChI is InChI=1S/C15H21N3/c1-12(2)10-13-4-6-14(7-5-13)11-16-15-8-9-18(3)17-15/h4-9,12H,10-11H2,1-3H3,(H,16,17). The summed E-state index contributed by atoms with van der Waals surface area (Å²) in [7, 11) is 1.92. The first-order valence-corrected chi connectivity index (χ1v) is 6.45. The van der Waals surface area contributed by atoms with Gasteiger partial charge < -0.3 is 5.32 Å². The lowest BCUT2D eigenvalue weighted by atomic mass is 10.0. The third kappa shape index (κ3) is 3.62. The smallest absolute Gasteiger partial charge is 0.148 e. The Morgan fingerprint density at radius 1 is 1.11 bits per heavy atom. The van der Waals surface area contributed by atoms with Crippen LogP contribution in [0.1, 0.15) is 25.0 Å². The van der Waals surface area contributed by atoms with Gasteiger partial charge in [-0.25, -0.2) is 0 Å². The molecule has 0 aliphatic heterocycles. The summed E-state index contributed by atoms with van der Waals surface area (Å²) in [5, 5.41) is 7.60. The molecule has 0 unspecified atom stereocenters. The van der Waals surface area contributed by atoms with E-state index in [1.807, 2.05) is 19.3 Å². The van der Waals surface area contributed by atoms with Crippen LogP contribution < -0.4 is 5.32 Å². The number of benzene rings is 1. The van der Waals surface area contributed by atoms with Gasteiger partial charge in [-0.15, -0.1) is 0 Å². The number of nitrogens with one attached hydrogen (secondary N) is 1. The Labute approximate surface area is 109 Å². The lowest BCUT2D eigenvalue weighted by Gasteiger charge is -2.07. The lowest BCUT2D eigenvalue weighted by molar-refractivity contribution is 0.647. The van der Waals surface area contributed by atoms with E-state index in [1.54, 1.807) is 4.68 Å². The summed E-state index contributed by atoms with van der Waals surface area (Å²) in [5.41, 5.74) is 2.69. The minimum Gasteiger partial charge on any atom is -0.365 e. The molecule has 0 atom stereocenters. The second-order valence-corrected chi connectivity index (χ2v) is 5.14. The molecule has 96 valence electrons. The molecule has 0 aliphatic rings. The van der Waals surface area contributed by atoms with Gasteiger partial charge in [0.05, 0.1) is 0 Å². The molecule has 1 aromatic heterocycles. The molecule has 0 saturated heterocycles. The van der Waals surface area contributed by atoms with Crippen LogP contribution in [-0.4, -0.2) is 9.78 Å². The summed E-state index contributed by atoms with van der Waals surface area (Å²) >= 11 is 0. The van der Waals surface area contributed by atoms with Crippen molar-refractivity contribution in [3.05, 3.63) is 47.7 Å². The summed E-state index contributed by atoms with van der Waals surface area (Å²) in [6.45, 7) is 5.31. The van der Waals surface area contributed by atoms with Crippen molar-refractivity contribution < 1.29 is 0 Å². The first-order chi connectivity index (χ1) is 8.63. The molecule has 3 nitrogen and oxygen atoms in total. The highest BCUT2D eigenvalue weighted by molar-refractivity contribution is 5.34. The molecular weight excluding hydrogens is 222 g/mol. The van der Waals surface area contributed by atoms with Crippen LogP contribution in [0.5, 0.6) is 0 Å². The van der Waals surface area contributed by atoms with Crippen LogP contribution in [0.15, 0.2) is 36.5 Å². The highest BCUT2D eigenvalue weighted by Gasteiger charge is 1.99. The summed E-state index contributed by atoms with van der Waals surface area (Å²) in [4.78, 5) is 0. The molecule has 3 heteroatoms. The maximum atomic E-state index is 4.29. The second-order valence-electron chi connectivity index (χ2n) is 5.14. The predicted octanol–water partition coefficient (Wildman–Crippen LogP) is 3.23. The minimum absolute atomic E-state index is 0.711. The van der Waals surface area contributed by atoms with Crippen molar-refractivity contribution in [1.82, 2.24) is 9.78 Å². The fraction of sp³-hybridized carbons (Fsp3) is 0.400. The molecule has 0 radical (unpaired) electrons. The largest absolute Gasteiger partial charge is 0.365 e. The van der Waals surface area contributed by atoms with Gasteiger partial charge in [0.1, 0.15) is 5.82 Å². The quantitative estimate of drug-likeness (QED) is 0.873. The van der Waals surface area contributed by atoms with E-state index < -0.39 is 0 Å². The summed E-state index contributed by atoms with van der Waals surface area (Å²) < 4.78 is 1.80. The monoisotopic (exact) mass is 243 g/mol. The SMILES string of the molecule is CC(C)Cc1ccc(CNc2ccn(C)n2)cc1. The van der Waals surface area contributed by atoms with Crippen molar-refractivity contribution in [2.24, 2.45) is 13.0 Å². The molecule has 1 aromatic carbocycles. The van der Waals surface area contributed by atoms with Crippen molar-refractivity contribution in [1.29, 1.82) is 0 Å². The van der Waals surface area contributed by atoms with E-state index in [0.29, 0.717) is 5.92 Å². The highest BCUT2D eigenvalue weighted by Crippen LogP contribution is 2.11. The first-order valence-electron chi connectivity index (χ1n) is 6.45. The van der Waals surface area contributed by atoms with E-state index in [-0.39, 0.29) is 0 Å². The van der Waals surface area contributed by atoms with Crippen LogP contribution in [-0.2, 0) is 20.0 Å². The van der Waals surface area contributed by atoms with Crippen LogP contribution in [0.25, 0.3) is 0 Å². The number of aryl methyl sites for hydroxylation is 1. The number of hydrogen-bond acceptors (Lipinski definition) is 2. The number of hydrogen-bond donors (Lipinski definition) is 1. The topological polar surface area (TPSA) is 29.9 Å². The molecule has 18 heavy (non-hydrogen) atoms. The third-order valence-electron chi connectivity index (χ3n) is 2.85. The van der Waals surface area contributed by atoms with E-state index in [0.717, 1.165) is 18.8 Å². The normalized spacial score (nSPS) is 10.9. The molecular formula is C15H21N3. The Bertz CT molecular complexity index is 483. The fourth-order valence-electron chi connectivity index (χ4n) is 1.97. The Morgan fingerprint density at radius 2 is 1.78 bits per heavy atom. The minimum atomic E-state index is 0.711. The first kappa shape index (κ1) is 12.7. The van der Waals surface area contributed by atoms with E-state index in [9.17, 15) is 0 Å². The Hall–Kier alpha value is -1.77. The number of anilines is 1. The molecule has 0 saturated carbocycles. The molecule has 2 rings (SSSR count). The molecule has 1 heterocycles. The maximum Gasteiger partial charge on any atom is 0.148 e. The fourth-order valence-corrected chi connectivity index (χ4v) is 1.97. The van der Waals surface area contributed by atoms with Crippen molar-refractivity contribution in [3.63, 3.8) is 0 Å². The Morgan fingerprint density at radius 3 is 2.33 bits per heavy atom. The molecule has 0 fully saturated rings. The van der Waals surface area contributed by atoms with Gasteiger partial charge in [-0.3, -0.25) is 4.68 Å². The molecule has 0 amide bonds. The third-order valence-corrected chi connectivity index (χ3v) is 2.85. The average Bonchev–Trinajstić information content (AvgIpc) is 2.74. The zero-order chi connectivity index (χ0) is 13.0. The number of rotatable bonds is 5. The van der Waals surface area contributed by atoms with Gasteiger partial charge in [0, 0.05) is 25.9 Å². The number of nitrogens with zero attached hydrogens (tertiary/aromatic N) is 2. The Balaban J connectivity index is 1.90. The zero-order valence-corrected chi connectivity index (χ0v) is 11.4. The van der Waals surface area contributed by atoms with Crippen LogP contribution in [0.4, 0.5) is 5.82 Å². The second kappa shape index (κ2) is 5.71. The lowest BCUT2D eigenvalue weighted by Crippen LogP contribution is -2.01. The van der Waals surface area contributed by atoms with E-state index in [4.69, 9.17) is 0 Å². The van der Waals surface area contributed by atoms with Gasteiger partial charge in [-0.2, -0.15) is 5.10 Å². The van der Waals surface area contributed by atoms with Crippen molar-refractivity contribution in [3.8, 4) is 0 Å². The predicted molar refractivity (Wildman–Crippen MR) is 75.5 cm³/mol. The zero-order valence-electron chi connectivity index (χ0n) is 11.4. The summed E-state index contributed by atoms with van der Waals surface area (Å²) in [5.74, 6) is 1.63. The average molecular weight is 243 g/mol. The summed E-state index contributed by atoms with van der Waals surface area (Å²) in [6.07, 6.45) is 3.09. The van der Waals surface area contributed by atoms with Crippen LogP contribution in [0, 0.1) is 5.92 Å². The van der Waals surface area contributed by atoms with Crippen LogP contribution in [0.2, 0.25) is 0 Å². The van der Waals surface area contributed by atoms with Crippen molar-refractivity contribution in [2.75, 3.05) is 5.32 Å². The Kier molecular flexibility index (Phi) is 4.03. The van der Waals surface area contributed by atoms with Gasteiger partial charge in [0.25, 0.3) is 0 Å². The van der Waals surface area contributed by atoms with Crippen molar-refractivity contribution >= 4 is 5.82 Å². The molecule has 1 N–H and O–H groups in total. The summed E-state index contributed by atoms with van der Waals surface area (Å²) in [6, 6.07) is 10.8. The van der Waals surface area contributed by atoms with E-state index in [2.05, 4.69) is 48.5 Å². The van der Waals surface area contributed by atoms with Crippen LogP contribution >= 0.6 is 0 Å². The molecule has 0 aliphatic carbocycles. The molecule has 0 spiro atoms. The van der Waals surface area contributed by atoms with Gasteiger partial charge in [-0.05, 0) is 23.5 Å². The van der Waals surface area contributed by atoms with E-state index in [1.165, 1.54) is 11.1 Å². The van der Waals surface area contributed by atoms with Crippen LogP contribution in [0.3, 0.4) is 0 Å². The van der Waals surface area contributed by atoms with Gasteiger partial charge >= 0.3 is 0 Å². The molecule has 0 bridgehead atoms. The van der Waals surface area contributed by atoms with Gasteiger partial charge in [0.15, 0.2) is 0 Å². The maximum absolute atomic E-state index is 4.29. The van der Waals surface area contributed by atoms with Gasteiger partial charge in [-0.1, -0.05) is 38.1 Å². The number of aromatic nitrogens is 2. The van der Waals surface area contributed by atoms with Gasteiger partial charge in [0.2, 0.25) is 0 Å². The van der Waals surface area contributed by atoms with E-state index >= 15 is 0 Å². The molecule has 2 aromatic rings. The van der Waals surface area contributed by atoms with Crippen molar-refractivity contribution in [2.45, 2.75) is 26.8 Å². The highest BCUT2D eigenvalue weighted by atomic mass is 15.3.